The Morgan fingerprint density at radius 1 is 0.825 bits per heavy atom. The van der Waals surface area contributed by atoms with Gasteiger partial charge in [-0.25, -0.2) is 4.98 Å². The number of benzene rings is 2. The second-order valence-electron chi connectivity index (χ2n) is 9.39. The minimum Gasteiger partial charge on any atom is -0.497 e. The summed E-state index contributed by atoms with van der Waals surface area (Å²) in [5.74, 6) is 3.12. The number of nitrogens with zero attached hydrogens (tertiary/aromatic N) is 3. The van der Waals surface area contributed by atoms with Crippen molar-refractivity contribution in [1.82, 2.24) is 20.3 Å². The SMILES string of the molecule is CC[C@H](COc1cncc(-c2cc3c(cnc4cc(OC)c(OC)cc43)c(N)n2)c1)NCc1ccc(OC)cc1. The fourth-order valence-electron chi connectivity index (χ4n) is 4.57. The van der Waals surface area contributed by atoms with Crippen LogP contribution in [0, 0.1) is 0 Å². The van der Waals surface area contributed by atoms with Crippen LogP contribution in [0.3, 0.4) is 0 Å². The predicted octanol–water partition coefficient (Wildman–Crippen LogP) is 5.40. The van der Waals surface area contributed by atoms with E-state index in [-0.39, 0.29) is 6.04 Å². The molecule has 0 amide bonds. The number of pyridine rings is 3. The average molecular weight is 540 g/mol. The van der Waals surface area contributed by atoms with Gasteiger partial charge in [0.05, 0.1) is 38.7 Å². The number of ether oxygens (including phenoxy) is 4. The van der Waals surface area contributed by atoms with Gasteiger partial charge in [0.15, 0.2) is 11.5 Å². The van der Waals surface area contributed by atoms with Gasteiger partial charge in [0, 0.05) is 47.4 Å². The summed E-state index contributed by atoms with van der Waals surface area (Å²) in [6, 6.07) is 15.9. The van der Waals surface area contributed by atoms with Crippen LogP contribution in [0.1, 0.15) is 18.9 Å². The van der Waals surface area contributed by atoms with Gasteiger partial charge in [0.1, 0.15) is 23.9 Å². The Morgan fingerprint density at radius 2 is 1.60 bits per heavy atom. The Balaban J connectivity index is 1.36. The van der Waals surface area contributed by atoms with E-state index < -0.39 is 0 Å². The molecule has 5 rings (SSSR count). The first-order chi connectivity index (χ1) is 19.5. The van der Waals surface area contributed by atoms with Gasteiger partial charge in [-0.05, 0) is 47.7 Å². The zero-order valence-corrected chi connectivity index (χ0v) is 23.1. The van der Waals surface area contributed by atoms with Crippen LogP contribution in [0.4, 0.5) is 5.82 Å². The van der Waals surface area contributed by atoms with E-state index in [1.54, 1.807) is 39.9 Å². The van der Waals surface area contributed by atoms with Crippen LogP contribution in [-0.2, 0) is 6.54 Å². The number of aromatic nitrogens is 3. The molecule has 0 saturated carbocycles. The summed E-state index contributed by atoms with van der Waals surface area (Å²) in [7, 11) is 4.88. The number of nitrogens with one attached hydrogen (secondary N) is 1. The molecule has 2 aromatic carbocycles. The van der Waals surface area contributed by atoms with Crippen molar-refractivity contribution in [3.63, 3.8) is 0 Å². The van der Waals surface area contributed by atoms with Crippen LogP contribution in [0.15, 0.2) is 67.1 Å². The molecule has 0 radical (unpaired) electrons. The smallest absolute Gasteiger partial charge is 0.162 e. The Bertz CT molecular complexity index is 1620. The number of nitrogen functional groups attached to an aromatic ring is 1. The summed E-state index contributed by atoms with van der Waals surface area (Å²) in [5, 5.41) is 6.12. The summed E-state index contributed by atoms with van der Waals surface area (Å²) in [5.41, 5.74) is 9.83. The normalized spacial score (nSPS) is 11.9. The van der Waals surface area contributed by atoms with E-state index in [4.69, 9.17) is 24.7 Å². The van der Waals surface area contributed by atoms with Crippen LogP contribution in [-0.4, -0.2) is 48.9 Å². The highest BCUT2D eigenvalue weighted by atomic mass is 16.5. The van der Waals surface area contributed by atoms with Crippen molar-refractivity contribution < 1.29 is 18.9 Å². The predicted molar refractivity (Wildman–Crippen MR) is 157 cm³/mol. The molecular formula is C31H33N5O4. The molecule has 5 aromatic rings. The molecule has 40 heavy (non-hydrogen) atoms. The largest absolute Gasteiger partial charge is 0.497 e. The van der Waals surface area contributed by atoms with E-state index >= 15 is 0 Å². The maximum Gasteiger partial charge on any atom is 0.162 e. The third-order valence-corrected chi connectivity index (χ3v) is 6.92. The van der Waals surface area contributed by atoms with Crippen molar-refractivity contribution in [3.05, 3.63) is 72.7 Å². The molecule has 0 bridgehead atoms. The molecule has 0 saturated heterocycles. The fraction of sp³-hybridized carbons (Fsp3) is 0.258. The first-order valence-corrected chi connectivity index (χ1v) is 13.1. The van der Waals surface area contributed by atoms with Gasteiger partial charge in [-0.3, -0.25) is 9.97 Å². The van der Waals surface area contributed by atoms with E-state index in [2.05, 4.69) is 39.3 Å². The number of anilines is 1. The maximum absolute atomic E-state index is 6.39. The van der Waals surface area contributed by atoms with Crippen LogP contribution < -0.4 is 30.0 Å². The van der Waals surface area contributed by atoms with Crippen molar-refractivity contribution in [2.75, 3.05) is 33.7 Å². The number of methoxy groups -OCH3 is 3. The molecule has 9 nitrogen and oxygen atoms in total. The number of rotatable bonds is 11. The molecule has 3 N–H and O–H groups in total. The molecule has 3 heterocycles. The van der Waals surface area contributed by atoms with E-state index in [1.807, 2.05) is 36.4 Å². The van der Waals surface area contributed by atoms with Gasteiger partial charge in [-0.15, -0.1) is 0 Å². The quantitative estimate of drug-likeness (QED) is 0.213. The lowest BCUT2D eigenvalue weighted by molar-refractivity contribution is 0.258. The highest BCUT2D eigenvalue weighted by Crippen LogP contribution is 2.37. The number of hydrogen-bond acceptors (Lipinski definition) is 9. The Hall–Kier alpha value is -4.63. The van der Waals surface area contributed by atoms with E-state index in [0.717, 1.165) is 46.0 Å². The summed E-state index contributed by atoms with van der Waals surface area (Å²) >= 11 is 0. The molecule has 0 aliphatic carbocycles. The van der Waals surface area contributed by atoms with Crippen LogP contribution in [0.2, 0.25) is 0 Å². The zero-order chi connectivity index (χ0) is 28.1. The zero-order valence-electron chi connectivity index (χ0n) is 23.1. The van der Waals surface area contributed by atoms with Crippen molar-refractivity contribution in [1.29, 1.82) is 0 Å². The molecule has 0 unspecified atom stereocenters. The highest BCUT2D eigenvalue weighted by molar-refractivity contribution is 6.10. The molecule has 3 aromatic heterocycles. The molecule has 0 spiro atoms. The lowest BCUT2D eigenvalue weighted by atomic mass is 10.0. The van der Waals surface area contributed by atoms with Gasteiger partial charge >= 0.3 is 0 Å². The van der Waals surface area contributed by atoms with Gasteiger partial charge in [0.2, 0.25) is 0 Å². The summed E-state index contributed by atoms with van der Waals surface area (Å²) < 4.78 is 22.4. The molecule has 1 atom stereocenters. The first kappa shape index (κ1) is 27.0. The summed E-state index contributed by atoms with van der Waals surface area (Å²) in [6.07, 6.45) is 6.12. The number of hydrogen-bond donors (Lipinski definition) is 2. The van der Waals surface area contributed by atoms with Crippen molar-refractivity contribution in [3.8, 4) is 34.3 Å². The summed E-state index contributed by atoms with van der Waals surface area (Å²) in [4.78, 5) is 13.6. The molecule has 0 aliphatic rings. The van der Waals surface area contributed by atoms with Gasteiger partial charge in [0.25, 0.3) is 0 Å². The van der Waals surface area contributed by atoms with Crippen molar-refractivity contribution in [2.45, 2.75) is 25.9 Å². The lowest BCUT2D eigenvalue weighted by Crippen LogP contribution is -2.33. The second-order valence-corrected chi connectivity index (χ2v) is 9.39. The van der Waals surface area contributed by atoms with E-state index in [0.29, 0.717) is 35.4 Å². The topological polar surface area (TPSA) is 114 Å². The van der Waals surface area contributed by atoms with Gasteiger partial charge in [-0.2, -0.15) is 0 Å². The monoisotopic (exact) mass is 539 g/mol. The lowest BCUT2D eigenvalue weighted by Gasteiger charge is -2.18. The highest BCUT2D eigenvalue weighted by Gasteiger charge is 2.14. The molecule has 9 heteroatoms. The fourth-order valence-corrected chi connectivity index (χ4v) is 4.57. The van der Waals surface area contributed by atoms with E-state index in [1.165, 1.54) is 5.56 Å². The molecule has 206 valence electrons. The average Bonchev–Trinajstić information content (AvgIpc) is 3.00. The van der Waals surface area contributed by atoms with E-state index in [9.17, 15) is 0 Å². The standard InChI is InChI=1S/C31H33N5O4/c1-5-21(34-14-19-6-8-22(37-2)9-7-19)18-40-23-10-20(15-33-16-23)27-11-24-25-12-29(38-3)30(39-4)13-28(25)35-17-26(24)31(32)36-27/h6-13,15-17,21,34H,5,14,18H2,1-4H3,(H2,32,36)/t21-/m1/s1. The Morgan fingerprint density at radius 3 is 2.33 bits per heavy atom. The van der Waals surface area contributed by atoms with Crippen LogP contribution in [0.5, 0.6) is 23.0 Å². The third kappa shape index (κ3) is 5.69. The first-order valence-electron chi connectivity index (χ1n) is 13.1. The summed E-state index contributed by atoms with van der Waals surface area (Å²) in [6.45, 7) is 3.38. The second kappa shape index (κ2) is 12.0. The van der Waals surface area contributed by atoms with Crippen molar-refractivity contribution in [2.24, 2.45) is 0 Å². The minimum atomic E-state index is 0.172. The third-order valence-electron chi connectivity index (χ3n) is 6.92. The van der Waals surface area contributed by atoms with Gasteiger partial charge in [-0.1, -0.05) is 19.1 Å². The number of nitrogens with two attached hydrogens (primary N) is 1. The number of fused-ring (bicyclic) bond motifs is 3. The molecule has 0 fully saturated rings. The Labute approximate surface area is 233 Å². The minimum absolute atomic E-state index is 0.172. The van der Waals surface area contributed by atoms with Crippen LogP contribution in [0.25, 0.3) is 32.9 Å². The van der Waals surface area contributed by atoms with Gasteiger partial charge < -0.3 is 30.0 Å². The Kier molecular flexibility index (Phi) is 8.12. The molecular weight excluding hydrogens is 506 g/mol. The molecule has 0 aliphatic heterocycles. The maximum atomic E-state index is 6.39. The van der Waals surface area contributed by atoms with Crippen molar-refractivity contribution >= 4 is 27.5 Å². The van der Waals surface area contributed by atoms with Crippen LogP contribution >= 0.6 is 0 Å².